The molecule has 2 aromatic carbocycles. The number of benzene rings is 2. The van der Waals surface area contributed by atoms with Gasteiger partial charge in [-0.3, -0.25) is 19.1 Å². The summed E-state index contributed by atoms with van der Waals surface area (Å²) in [6.45, 7) is 1.80. The number of furan rings is 1. The highest BCUT2D eigenvalue weighted by Crippen LogP contribution is 2.30. The number of Topliss-reactive ketones (excluding diaryl/α,β-unsaturated/α-hetero) is 1. The SMILES string of the molecule is Cc1c(NC(CC(=O)c2c(O)c3ccccc3n(C)c2=O)c2ccco2)c(=O)n(-c2ccccc2)n1C. The molecule has 3 heterocycles. The van der Waals surface area contributed by atoms with Crippen molar-refractivity contribution in [3.63, 3.8) is 0 Å². The molecule has 0 saturated heterocycles. The number of pyridine rings is 1. The summed E-state index contributed by atoms with van der Waals surface area (Å²) in [5.74, 6) is -0.515. The Hall–Kier alpha value is -4.79. The molecule has 188 valence electrons. The van der Waals surface area contributed by atoms with Crippen LogP contribution in [0.1, 0.15) is 34.3 Å². The van der Waals surface area contributed by atoms with E-state index in [-0.39, 0.29) is 23.3 Å². The summed E-state index contributed by atoms with van der Waals surface area (Å²) >= 11 is 0. The van der Waals surface area contributed by atoms with Crippen molar-refractivity contribution in [2.24, 2.45) is 14.1 Å². The second kappa shape index (κ2) is 9.34. The summed E-state index contributed by atoms with van der Waals surface area (Å²) in [7, 11) is 3.33. The van der Waals surface area contributed by atoms with Gasteiger partial charge in [0.25, 0.3) is 11.1 Å². The summed E-state index contributed by atoms with van der Waals surface area (Å²) in [5, 5.41) is 14.5. The second-order valence-corrected chi connectivity index (χ2v) is 8.88. The van der Waals surface area contributed by atoms with Crippen LogP contribution in [0.4, 0.5) is 5.69 Å². The van der Waals surface area contributed by atoms with Gasteiger partial charge >= 0.3 is 0 Å². The standard InChI is InChI=1S/C28H26N4O5/c1-17-25(28(36)32(31(17)3)18-10-5-4-6-11-18)29-20(23-14-9-15-37-23)16-22(33)24-26(34)19-12-7-8-13-21(19)30(2)27(24)35/h4-15,20,29,34H,16H2,1-3H3. The lowest BCUT2D eigenvalue weighted by Gasteiger charge is -2.17. The lowest BCUT2D eigenvalue weighted by atomic mass is 10.00. The van der Waals surface area contributed by atoms with Gasteiger partial charge in [-0.25, -0.2) is 4.68 Å². The minimum atomic E-state index is -0.768. The largest absolute Gasteiger partial charge is 0.506 e. The fourth-order valence-electron chi connectivity index (χ4n) is 4.64. The normalized spacial score (nSPS) is 12.1. The van der Waals surface area contributed by atoms with Gasteiger partial charge in [-0.05, 0) is 43.3 Å². The van der Waals surface area contributed by atoms with Crippen molar-refractivity contribution in [2.75, 3.05) is 5.32 Å². The Bertz CT molecular complexity index is 1730. The zero-order valence-electron chi connectivity index (χ0n) is 20.6. The van der Waals surface area contributed by atoms with Crippen LogP contribution < -0.4 is 16.4 Å². The van der Waals surface area contributed by atoms with Crippen LogP contribution in [-0.4, -0.2) is 24.8 Å². The molecule has 0 saturated carbocycles. The van der Waals surface area contributed by atoms with Crippen molar-refractivity contribution >= 4 is 22.4 Å². The quantitative estimate of drug-likeness (QED) is 0.328. The van der Waals surface area contributed by atoms with Crippen molar-refractivity contribution in [1.29, 1.82) is 0 Å². The van der Waals surface area contributed by atoms with E-state index in [1.54, 1.807) is 62.1 Å². The van der Waals surface area contributed by atoms with Gasteiger partial charge in [-0.15, -0.1) is 0 Å². The fraction of sp³-hybridized carbons (Fsp3) is 0.179. The molecule has 0 amide bonds. The van der Waals surface area contributed by atoms with Gasteiger partial charge in [0.1, 0.15) is 22.8 Å². The van der Waals surface area contributed by atoms with Gasteiger partial charge in [-0.1, -0.05) is 30.3 Å². The highest BCUT2D eigenvalue weighted by molar-refractivity contribution is 6.03. The Morgan fingerprint density at radius 3 is 2.38 bits per heavy atom. The molecule has 0 fully saturated rings. The van der Waals surface area contributed by atoms with E-state index in [0.717, 1.165) is 0 Å². The monoisotopic (exact) mass is 498 g/mol. The van der Waals surface area contributed by atoms with Gasteiger partial charge in [0.2, 0.25) is 0 Å². The van der Waals surface area contributed by atoms with Crippen molar-refractivity contribution in [3.05, 3.63) is 111 Å². The molecule has 3 aromatic heterocycles. The fourth-order valence-corrected chi connectivity index (χ4v) is 4.64. The number of nitrogens with zero attached hydrogens (tertiary/aromatic N) is 3. The van der Waals surface area contributed by atoms with Crippen molar-refractivity contribution in [3.8, 4) is 11.4 Å². The molecule has 0 aliphatic heterocycles. The third kappa shape index (κ3) is 4.04. The van der Waals surface area contributed by atoms with Crippen molar-refractivity contribution < 1.29 is 14.3 Å². The Morgan fingerprint density at radius 2 is 1.68 bits per heavy atom. The van der Waals surface area contributed by atoms with Gasteiger partial charge in [0.05, 0.1) is 29.2 Å². The molecular weight excluding hydrogens is 472 g/mol. The van der Waals surface area contributed by atoms with Crippen LogP contribution in [0.15, 0.2) is 87.0 Å². The summed E-state index contributed by atoms with van der Waals surface area (Å²) in [6, 6.07) is 18.7. The zero-order valence-corrected chi connectivity index (χ0v) is 20.6. The van der Waals surface area contributed by atoms with Crippen LogP contribution in [0.3, 0.4) is 0 Å². The maximum atomic E-state index is 13.5. The summed E-state index contributed by atoms with van der Waals surface area (Å²) < 4.78 is 10.2. The molecule has 5 aromatic rings. The van der Waals surface area contributed by atoms with Gasteiger partial charge in [0, 0.05) is 25.9 Å². The maximum absolute atomic E-state index is 13.5. The number of aryl methyl sites for hydroxylation is 1. The molecule has 1 atom stereocenters. The number of carbonyl (C=O) groups excluding carboxylic acids is 1. The molecule has 0 aliphatic rings. The zero-order chi connectivity index (χ0) is 26.3. The van der Waals surface area contributed by atoms with E-state index in [1.165, 1.54) is 15.5 Å². The summed E-state index contributed by atoms with van der Waals surface area (Å²) in [6.07, 6.45) is 1.24. The smallest absolute Gasteiger partial charge is 0.295 e. The van der Waals surface area contributed by atoms with Crippen LogP contribution >= 0.6 is 0 Å². The lowest BCUT2D eigenvalue weighted by Crippen LogP contribution is -2.27. The van der Waals surface area contributed by atoms with Crippen LogP contribution in [0.2, 0.25) is 0 Å². The number of aromatic hydroxyl groups is 1. The molecular formula is C28H26N4O5. The number of fused-ring (bicyclic) bond motifs is 1. The second-order valence-electron chi connectivity index (χ2n) is 8.88. The molecule has 5 rings (SSSR count). The predicted octanol–water partition coefficient (Wildman–Crippen LogP) is 4.06. The van der Waals surface area contributed by atoms with E-state index in [4.69, 9.17) is 4.42 Å². The summed E-state index contributed by atoms with van der Waals surface area (Å²) in [4.78, 5) is 40.0. The van der Waals surface area contributed by atoms with E-state index in [0.29, 0.717) is 33.7 Å². The number of para-hydroxylation sites is 2. The first-order chi connectivity index (χ1) is 17.8. The lowest BCUT2D eigenvalue weighted by molar-refractivity contribution is 0.0969. The van der Waals surface area contributed by atoms with Gasteiger partial charge in [-0.2, -0.15) is 0 Å². The first-order valence-electron chi connectivity index (χ1n) is 11.8. The van der Waals surface area contributed by atoms with Crippen LogP contribution in [0.5, 0.6) is 5.75 Å². The first-order valence-corrected chi connectivity index (χ1v) is 11.8. The Morgan fingerprint density at radius 1 is 0.973 bits per heavy atom. The number of rotatable bonds is 7. The average Bonchev–Trinajstić information content (AvgIpc) is 3.51. The molecule has 9 nitrogen and oxygen atoms in total. The minimum absolute atomic E-state index is 0.228. The molecule has 0 radical (unpaired) electrons. The molecule has 37 heavy (non-hydrogen) atoms. The third-order valence-electron chi connectivity index (χ3n) is 6.70. The van der Waals surface area contributed by atoms with Gasteiger partial charge in [0.15, 0.2) is 5.78 Å². The van der Waals surface area contributed by atoms with Crippen molar-refractivity contribution in [2.45, 2.75) is 19.4 Å². The average molecular weight is 499 g/mol. The van der Waals surface area contributed by atoms with Gasteiger partial charge < -0.3 is 19.4 Å². The Balaban J connectivity index is 1.55. The number of aromatic nitrogens is 3. The third-order valence-corrected chi connectivity index (χ3v) is 6.70. The van der Waals surface area contributed by atoms with E-state index in [2.05, 4.69) is 5.32 Å². The minimum Gasteiger partial charge on any atom is -0.506 e. The number of nitrogens with one attached hydrogen (secondary N) is 1. The van der Waals surface area contributed by atoms with Crippen LogP contribution in [-0.2, 0) is 14.1 Å². The highest BCUT2D eigenvalue weighted by Gasteiger charge is 2.28. The number of carbonyl (C=O) groups is 1. The predicted molar refractivity (Wildman–Crippen MR) is 141 cm³/mol. The first kappa shape index (κ1) is 23.9. The maximum Gasteiger partial charge on any atom is 0.295 e. The van der Waals surface area contributed by atoms with E-state index in [1.807, 2.05) is 30.3 Å². The number of anilines is 1. The topological polar surface area (TPSA) is 111 Å². The van der Waals surface area contributed by atoms with Crippen LogP contribution in [0.25, 0.3) is 16.6 Å². The Labute approximate surface area is 211 Å². The molecule has 0 bridgehead atoms. The molecule has 0 spiro atoms. The van der Waals surface area contributed by atoms with Crippen LogP contribution in [0, 0.1) is 6.92 Å². The molecule has 0 aliphatic carbocycles. The highest BCUT2D eigenvalue weighted by atomic mass is 16.3. The number of ketones is 1. The van der Waals surface area contributed by atoms with E-state index < -0.39 is 17.4 Å². The van der Waals surface area contributed by atoms with E-state index in [9.17, 15) is 19.5 Å². The van der Waals surface area contributed by atoms with E-state index >= 15 is 0 Å². The molecule has 9 heteroatoms. The number of hydrogen-bond donors (Lipinski definition) is 2. The Kier molecular flexibility index (Phi) is 6.04. The number of hydrogen-bond acceptors (Lipinski definition) is 6. The van der Waals surface area contributed by atoms with Crippen molar-refractivity contribution in [1.82, 2.24) is 13.9 Å². The molecule has 1 unspecified atom stereocenters. The molecule has 2 N–H and O–H groups in total. The summed E-state index contributed by atoms with van der Waals surface area (Å²) in [5.41, 5.74) is 0.982.